The number of hydrogen-bond acceptors (Lipinski definition) is 4. The SMILES string of the molecule is CC[N+](C)(C)Cc1ccc(C(=O)Cc2cccc(N=Nc3cccc(NC(=O)c4ccc(C[N+](C)(C)CC)cc4)c3)c2)cc1. The number of azo groups is 1. The van der Waals surface area contributed by atoms with Crippen LogP contribution in [0.15, 0.2) is 107 Å². The number of rotatable bonds is 13. The molecule has 7 nitrogen and oxygen atoms in total. The third-order valence-corrected chi connectivity index (χ3v) is 8.09. The van der Waals surface area contributed by atoms with Gasteiger partial charge in [0, 0.05) is 34.4 Å². The second kappa shape index (κ2) is 14.3. The average Bonchev–Trinajstić information content (AvgIpc) is 3.01. The molecule has 0 saturated carbocycles. The summed E-state index contributed by atoms with van der Waals surface area (Å²) in [5.41, 5.74) is 6.52. The fourth-order valence-electron chi connectivity index (χ4n) is 4.75. The maximum atomic E-state index is 13.0. The highest BCUT2D eigenvalue weighted by Crippen LogP contribution is 2.23. The van der Waals surface area contributed by atoms with Crippen LogP contribution in [0.4, 0.5) is 17.1 Å². The molecule has 4 aromatic rings. The number of carbonyl (C=O) groups is 2. The fourth-order valence-corrected chi connectivity index (χ4v) is 4.75. The Kier molecular flexibility index (Phi) is 10.6. The van der Waals surface area contributed by atoms with Crippen LogP contribution in [0.1, 0.15) is 51.3 Å². The Balaban J connectivity index is 1.36. The lowest BCUT2D eigenvalue weighted by Crippen LogP contribution is -2.38. The van der Waals surface area contributed by atoms with Gasteiger partial charge in [-0.25, -0.2) is 0 Å². The Morgan fingerprint density at radius 1 is 0.614 bits per heavy atom. The van der Waals surface area contributed by atoms with Gasteiger partial charge in [0.2, 0.25) is 0 Å². The first kappa shape index (κ1) is 32.5. The van der Waals surface area contributed by atoms with Gasteiger partial charge >= 0.3 is 0 Å². The Bertz CT molecular complexity index is 1480. The molecule has 0 bridgehead atoms. The molecule has 1 N–H and O–H groups in total. The van der Waals surface area contributed by atoms with Crippen molar-refractivity contribution in [3.8, 4) is 0 Å². The smallest absolute Gasteiger partial charge is 0.255 e. The van der Waals surface area contributed by atoms with E-state index in [-0.39, 0.29) is 18.1 Å². The van der Waals surface area contributed by atoms with E-state index in [0.29, 0.717) is 28.2 Å². The highest BCUT2D eigenvalue weighted by molar-refractivity contribution is 6.04. The largest absolute Gasteiger partial charge is 0.325 e. The first-order valence-electron chi connectivity index (χ1n) is 15.2. The molecule has 0 aromatic heterocycles. The quantitative estimate of drug-likeness (QED) is 0.0973. The summed E-state index contributed by atoms with van der Waals surface area (Å²) in [6.07, 6.45) is 0.289. The minimum atomic E-state index is -0.175. The summed E-state index contributed by atoms with van der Waals surface area (Å²) < 4.78 is 1.79. The number of benzene rings is 4. The van der Waals surface area contributed by atoms with E-state index in [0.717, 1.165) is 40.7 Å². The van der Waals surface area contributed by atoms with Crippen molar-refractivity contribution in [2.45, 2.75) is 33.4 Å². The molecule has 0 heterocycles. The molecule has 0 saturated heterocycles. The lowest BCUT2D eigenvalue weighted by Gasteiger charge is -2.28. The number of anilines is 1. The van der Waals surface area contributed by atoms with E-state index in [1.807, 2.05) is 91.0 Å². The van der Waals surface area contributed by atoms with Crippen LogP contribution in [0.5, 0.6) is 0 Å². The van der Waals surface area contributed by atoms with Crippen molar-refractivity contribution in [2.24, 2.45) is 10.2 Å². The number of nitrogens with one attached hydrogen (secondary N) is 1. The molecular weight excluding hydrogens is 546 g/mol. The number of ketones is 1. The van der Waals surface area contributed by atoms with Crippen LogP contribution >= 0.6 is 0 Å². The van der Waals surface area contributed by atoms with Gasteiger partial charge in [-0.2, -0.15) is 10.2 Å². The summed E-state index contributed by atoms with van der Waals surface area (Å²) in [7, 11) is 8.79. The van der Waals surface area contributed by atoms with Crippen LogP contribution in [0, 0.1) is 0 Å². The molecule has 0 fully saturated rings. The van der Waals surface area contributed by atoms with Crippen LogP contribution in [-0.4, -0.2) is 61.9 Å². The second-order valence-corrected chi connectivity index (χ2v) is 12.7. The van der Waals surface area contributed by atoms with Gasteiger partial charge in [0.05, 0.1) is 52.7 Å². The molecule has 4 rings (SSSR count). The molecule has 0 atom stereocenters. The van der Waals surface area contributed by atoms with E-state index in [1.165, 1.54) is 11.1 Å². The number of nitrogens with zero attached hydrogens (tertiary/aromatic N) is 4. The number of hydrogen-bond donors (Lipinski definition) is 1. The number of amides is 1. The van der Waals surface area contributed by atoms with Gasteiger partial charge in [0.15, 0.2) is 5.78 Å². The zero-order chi connectivity index (χ0) is 31.7. The van der Waals surface area contributed by atoms with Crippen LogP contribution in [0.3, 0.4) is 0 Å². The maximum Gasteiger partial charge on any atom is 0.255 e. The lowest BCUT2D eigenvalue weighted by atomic mass is 10.0. The zero-order valence-corrected chi connectivity index (χ0v) is 26.9. The molecule has 0 aliphatic carbocycles. The summed E-state index contributed by atoms with van der Waals surface area (Å²) >= 11 is 0. The topological polar surface area (TPSA) is 70.9 Å². The van der Waals surface area contributed by atoms with Crippen molar-refractivity contribution < 1.29 is 18.6 Å². The lowest BCUT2D eigenvalue weighted by molar-refractivity contribution is -0.901. The molecule has 1 amide bonds. The fraction of sp³-hybridized carbons (Fsp3) is 0.297. The van der Waals surface area contributed by atoms with Crippen LogP contribution in [0.25, 0.3) is 0 Å². The number of carbonyl (C=O) groups excluding carboxylic acids is 2. The standard InChI is InChI=1S/C37H44N5O2/c1-7-41(3,4)26-28-15-19-31(20-16-28)36(43)24-30-11-9-13-34(23-30)39-40-35-14-10-12-33(25-35)38-37(44)32-21-17-29(18-22-32)27-42(5,6)8-2/h9-23,25H,7-8,24,26-27H2,1-6H3/q+1/p+1. The summed E-state index contributed by atoms with van der Waals surface area (Å²) in [5.74, 6) is -0.109. The molecule has 0 radical (unpaired) electrons. The Morgan fingerprint density at radius 2 is 1.11 bits per heavy atom. The molecule has 44 heavy (non-hydrogen) atoms. The van der Waals surface area contributed by atoms with Crippen LogP contribution in [-0.2, 0) is 19.5 Å². The van der Waals surface area contributed by atoms with E-state index in [4.69, 9.17) is 0 Å². The highest BCUT2D eigenvalue weighted by Gasteiger charge is 2.15. The number of quaternary nitrogens is 2. The minimum Gasteiger partial charge on any atom is -0.325 e. The van der Waals surface area contributed by atoms with Crippen molar-refractivity contribution in [1.29, 1.82) is 0 Å². The summed E-state index contributed by atoms with van der Waals surface area (Å²) in [4.78, 5) is 25.8. The van der Waals surface area contributed by atoms with Crippen molar-refractivity contribution in [1.82, 2.24) is 0 Å². The van der Waals surface area contributed by atoms with Gasteiger partial charge in [-0.1, -0.05) is 54.6 Å². The van der Waals surface area contributed by atoms with Gasteiger partial charge in [-0.05, 0) is 61.9 Å². The van der Waals surface area contributed by atoms with Crippen molar-refractivity contribution in [2.75, 3.05) is 46.6 Å². The van der Waals surface area contributed by atoms with Crippen molar-refractivity contribution in [3.63, 3.8) is 0 Å². The molecule has 0 unspecified atom stereocenters. The Morgan fingerprint density at radius 3 is 1.66 bits per heavy atom. The molecule has 4 aromatic carbocycles. The highest BCUT2D eigenvalue weighted by atomic mass is 16.1. The summed E-state index contributed by atoms with van der Waals surface area (Å²) in [6, 6.07) is 30.5. The Labute approximate surface area is 262 Å². The predicted molar refractivity (Wildman–Crippen MR) is 179 cm³/mol. The zero-order valence-electron chi connectivity index (χ0n) is 26.9. The maximum absolute atomic E-state index is 13.0. The van der Waals surface area contributed by atoms with Crippen LogP contribution in [0.2, 0.25) is 0 Å². The van der Waals surface area contributed by atoms with Crippen LogP contribution < -0.4 is 5.32 Å². The molecule has 7 heteroatoms. The predicted octanol–water partition coefficient (Wildman–Crippen LogP) is 7.97. The molecule has 228 valence electrons. The van der Waals surface area contributed by atoms with Gasteiger partial charge in [-0.3, -0.25) is 9.59 Å². The van der Waals surface area contributed by atoms with Crippen molar-refractivity contribution in [3.05, 3.63) is 125 Å². The third-order valence-electron chi connectivity index (χ3n) is 8.09. The molecule has 0 aliphatic rings. The molecule has 0 aliphatic heterocycles. The summed E-state index contributed by atoms with van der Waals surface area (Å²) in [5, 5.41) is 11.7. The summed E-state index contributed by atoms with van der Waals surface area (Å²) in [6.45, 7) is 8.27. The van der Waals surface area contributed by atoms with E-state index in [9.17, 15) is 9.59 Å². The molecular formula is C37H45N5O2+2. The normalized spacial score (nSPS) is 12.0. The third kappa shape index (κ3) is 9.53. The average molecular weight is 592 g/mol. The van der Waals surface area contributed by atoms with Gasteiger partial charge in [-0.15, -0.1) is 0 Å². The van der Waals surface area contributed by atoms with E-state index >= 15 is 0 Å². The van der Waals surface area contributed by atoms with Gasteiger partial charge < -0.3 is 14.3 Å². The first-order chi connectivity index (χ1) is 20.9. The van der Waals surface area contributed by atoms with Gasteiger partial charge in [0.25, 0.3) is 5.91 Å². The van der Waals surface area contributed by atoms with Gasteiger partial charge in [0.1, 0.15) is 13.1 Å². The van der Waals surface area contributed by atoms with E-state index in [1.54, 1.807) is 6.07 Å². The second-order valence-electron chi connectivity index (χ2n) is 12.7. The monoisotopic (exact) mass is 591 g/mol. The van der Waals surface area contributed by atoms with Crippen molar-refractivity contribution >= 4 is 28.8 Å². The number of Topliss-reactive ketones (excluding diaryl/α,β-unsaturated/α-hetero) is 1. The Hall–Kier alpha value is -4.46. The minimum absolute atomic E-state index is 0.0666. The first-order valence-corrected chi connectivity index (χ1v) is 15.2. The molecule has 0 spiro atoms. The van der Waals surface area contributed by atoms with E-state index in [2.05, 4.69) is 57.6 Å². The van der Waals surface area contributed by atoms with E-state index < -0.39 is 0 Å².